The van der Waals surface area contributed by atoms with Gasteiger partial charge in [0.1, 0.15) is 0 Å². The Kier molecular flexibility index (Phi) is 3.28. The molecule has 1 saturated heterocycles. The van der Waals surface area contributed by atoms with Crippen molar-refractivity contribution < 1.29 is 5.11 Å². The molecule has 0 radical (unpaired) electrons. The molecule has 0 amide bonds. The van der Waals surface area contributed by atoms with Gasteiger partial charge >= 0.3 is 0 Å². The smallest absolute Gasteiger partial charge is 0.0598 e. The van der Waals surface area contributed by atoms with E-state index in [-0.39, 0.29) is 12.6 Å². The highest BCUT2D eigenvalue weighted by molar-refractivity contribution is 5.40. The molecule has 3 N–H and O–H groups in total. The molecule has 0 spiro atoms. The van der Waals surface area contributed by atoms with Gasteiger partial charge in [-0.3, -0.25) is 5.43 Å². The van der Waals surface area contributed by atoms with E-state index in [2.05, 4.69) is 43.8 Å². The Hall–Kier alpha value is -0.900. The molecular formula is C13H20N2O. The maximum Gasteiger partial charge on any atom is 0.0598 e. The molecule has 0 aromatic heterocycles. The van der Waals surface area contributed by atoms with Crippen LogP contribution >= 0.6 is 0 Å². The number of hydrogen-bond donors (Lipinski definition) is 3. The Balaban J connectivity index is 2.28. The third-order valence-corrected chi connectivity index (χ3v) is 3.29. The Bertz CT molecular complexity index is 367. The van der Waals surface area contributed by atoms with Gasteiger partial charge in [-0.05, 0) is 43.9 Å². The van der Waals surface area contributed by atoms with E-state index < -0.39 is 0 Å². The molecule has 1 fully saturated rings. The van der Waals surface area contributed by atoms with Crippen LogP contribution in [-0.2, 0) is 0 Å². The molecule has 3 nitrogen and oxygen atoms in total. The van der Waals surface area contributed by atoms with Gasteiger partial charge in [-0.1, -0.05) is 17.7 Å². The van der Waals surface area contributed by atoms with Crippen LogP contribution in [0, 0.1) is 20.8 Å². The van der Waals surface area contributed by atoms with Crippen molar-refractivity contribution in [3.63, 3.8) is 0 Å². The lowest BCUT2D eigenvalue weighted by Gasteiger charge is -2.17. The molecule has 1 aliphatic heterocycles. The largest absolute Gasteiger partial charge is 0.395 e. The topological polar surface area (TPSA) is 44.3 Å². The van der Waals surface area contributed by atoms with Crippen LogP contribution < -0.4 is 10.9 Å². The van der Waals surface area contributed by atoms with Crippen molar-refractivity contribution in [1.82, 2.24) is 10.9 Å². The molecule has 88 valence electrons. The van der Waals surface area contributed by atoms with E-state index in [4.69, 9.17) is 5.11 Å². The standard InChI is InChI=1S/C13H20N2O/c1-8-4-9(2)13(10(3)5-8)12-6-11(7-16)14-15-12/h4-5,11-12,14-16H,6-7H2,1-3H3. The minimum atomic E-state index is 0.171. The molecule has 2 unspecified atom stereocenters. The van der Waals surface area contributed by atoms with E-state index in [1.54, 1.807) is 0 Å². The molecule has 0 bridgehead atoms. The number of aliphatic hydroxyl groups excluding tert-OH is 1. The fourth-order valence-electron chi connectivity index (χ4n) is 2.67. The zero-order valence-corrected chi connectivity index (χ0v) is 10.2. The Morgan fingerprint density at radius 2 is 1.81 bits per heavy atom. The first-order chi connectivity index (χ1) is 7.61. The van der Waals surface area contributed by atoms with Gasteiger partial charge in [0.05, 0.1) is 6.61 Å². The highest BCUT2D eigenvalue weighted by Gasteiger charge is 2.26. The summed E-state index contributed by atoms with van der Waals surface area (Å²) in [4.78, 5) is 0. The summed E-state index contributed by atoms with van der Waals surface area (Å²) < 4.78 is 0. The third-order valence-electron chi connectivity index (χ3n) is 3.29. The Morgan fingerprint density at radius 3 is 2.31 bits per heavy atom. The van der Waals surface area contributed by atoms with E-state index >= 15 is 0 Å². The van der Waals surface area contributed by atoms with Crippen LogP contribution in [0.5, 0.6) is 0 Å². The normalized spacial score (nSPS) is 25.0. The number of benzene rings is 1. The van der Waals surface area contributed by atoms with Gasteiger partial charge in [-0.2, -0.15) is 0 Å². The highest BCUT2D eigenvalue weighted by Crippen LogP contribution is 2.28. The van der Waals surface area contributed by atoms with Crippen LogP contribution in [0.3, 0.4) is 0 Å². The summed E-state index contributed by atoms with van der Waals surface area (Å²) in [6.45, 7) is 6.63. The van der Waals surface area contributed by atoms with E-state index in [0.717, 1.165) is 6.42 Å². The molecule has 3 heteroatoms. The molecule has 2 atom stereocenters. The summed E-state index contributed by atoms with van der Waals surface area (Å²) in [6.07, 6.45) is 0.946. The third kappa shape index (κ3) is 2.12. The summed E-state index contributed by atoms with van der Waals surface area (Å²) in [6, 6.07) is 4.93. The first-order valence-electron chi connectivity index (χ1n) is 5.81. The van der Waals surface area contributed by atoms with Crippen molar-refractivity contribution in [3.05, 3.63) is 34.4 Å². The molecule has 1 aromatic carbocycles. The first-order valence-corrected chi connectivity index (χ1v) is 5.81. The average Bonchev–Trinajstić information content (AvgIpc) is 2.64. The van der Waals surface area contributed by atoms with Crippen LogP contribution in [0.2, 0.25) is 0 Å². The second-order valence-electron chi connectivity index (χ2n) is 4.77. The summed E-state index contributed by atoms with van der Waals surface area (Å²) in [5, 5.41) is 9.11. The molecule has 16 heavy (non-hydrogen) atoms. The number of aliphatic hydroxyl groups is 1. The molecule has 0 saturated carbocycles. The molecule has 0 aliphatic carbocycles. The quantitative estimate of drug-likeness (QED) is 0.708. The van der Waals surface area contributed by atoms with Crippen molar-refractivity contribution in [2.24, 2.45) is 0 Å². The molecule has 1 aromatic rings. The van der Waals surface area contributed by atoms with Crippen LogP contribution in [0.1, 0.15) is 34.7 Å². The maximum absolute atomic E-state index is 9.11. The number of rotatable bonds is 2. The van der Waals surface area contributed by atoms with E-state index in [9.17, 15) is 0 Å². The zero-order valence-electron chi connectivity index (χ0n) is 10.2. The second kappa shape index (κ2) is 4.53. The summed E-state index contributed by atoms with van der Waals surface area (Å²) in [7, 11) is 0. The Morgan fingerprint density at radius 1 is 1.19 bits per heavy atom. The van der Waals surface area contributed by atoms with Gasteiger partial charge in [-0.25, -0.2) is 5.43 Å². The van der Waals surface area contributed by atoms with E-state index in [0.29, 0.717) is 6.04 Å². The maximum atomic E-state index is 9.11. The lowest BCUT2D eigenvalue weighted by Crippen LogP contribution is -2.33. The fourth-order valence-corrected chi connectivity index (χ4v) is 2.67. The van der Waals surface area contributed by atoms with Crippen LogP contribution in [0.4, 0.5) is 0 Å². The van der Waals surface area contributed by atoms with Gasteiger partial charge in [0.2, 0.25) is 0 Å². The Labute approximate surface area is 96.8 Å². The summed E-state index contributed by atoms with van der Waals surface area (Å²) in [5.41, 5.74) is 11.7. The average molecular weight is 220 g/mol. The predicted octanol–water partition coefficient (Wildman–Crippen LogP) is 1.51. The van der Waals surface area contributed by atoms with Gasteiger partial charge in [0, 0.05) is 12.1 Å². The van der Waals surface area contributed by atoms with E-state index in [1.807, 2.05) is 0 Å². The van der Waals surface area contributed by atoms with Crippen molar-refractivity contribution in [3.8, 4) is 0 Å². The van der Waals surface area contributed by atoms with Crippen molar-refractivity contribution in [2.75, 3.05) is 6.61 Å². The molecular weight excluding hydrogens is 200 g/mol. The molecule has 1 aliphatic rings. The number of hydrogen-bond acceptors (Lipinski definition) is 3. The van der Waals surface area contributed by atoms with Gasteiger partial charge in [-0.15, -0.1) is 0 Å². The van der Waals surface area contributed by atoms with Crippen LogP contribution in [0.25, 0.3) is 0 Å². The van der Waals surface area contributed by atoms with Gasteiger partial charge in [0.15, 0.2) is 0 Å². The van der Waals surface area contributed by atoms with Crippen LogP contribution in [0.15, 0.2) is 12.1 Å². The number of hydrazine groups is 1. The van der Waals surface area contributed by atoms with Crippen molar-refractivity contribution in [2.45, 2.75) is 39.3 Å². The number of aryl methyl sites for hydroxylation is 3. The number of nitrogens with one attached hydrogen (secondary N) is 2. The van der Waals surface area contributed by atoms with E-state index in [1.165, 1.54) is 22.3 Å². The summed E-state index contributed by atoms with van der Waals surface area (Å²) in [5.74, 6) is 0. The summed E-state index contributed by atoms with van der Waals surface area (Å²) >= 11 is 0. The molecule has 1 heterocycles. The lowest BCUT2D eigenvalue weighted by atomic mass is 9.92. The zero-order chi connectivity index (χ0) is 11.7. The lowest BCUT2D eigenvalue weighted by molar-refractivity contribution is 0.251. The van der Waals surface area contributed by atoms with Gasteiger partial charge in [0.25, 0.3) is 0 Å². The minimum absolute atomic E-state index is 0.171. The van der Waals surface area contributed by atoms with Crippen molar-refractivity contribution in [1.29, 1.82) is 0 Å². The first kappa shape index (κ1) is 11.6. The van der Waals surface area contributed by atoms with Gasteiger partial charge < -0.3 is 5.11 Å². The minimum Gasteiger partial charge on any atom is -0.395 e. The SMILES string of the molecule is Cc1cc(C)c(C2CC(CO)NN2)c(C)c1. The fraction of sp³-hybridized carbons (Fsp3) is 0.538. The monoisotopic (exact) mass is 220 g/mol. The van der Waals surface area contributed by atoms with Crippen molar-refractivity contribution >= 4 is 0 Å². The predicted molar refractivity (Wildman–Crippen MR) is 65.2 cm³/mol. The van der Waals surface area contributed by atoms with Crippen LogP contribution in [-0.4, -0.2) is 17.8 Å². The highest BCUT2D eigenvalue weighted by atomic mass is 16.3. The second-order valence-corrected chi connectivity index (χ2v) is 4.77. The molecule has 2 rings (SSSR count).